The first-order chi connectivity index (χ1) is 9.62. The van der Waals surface area contributed by atoms with Gasteiger partial charge >= 0.3 is 0 Å². The van der Waals surface area contributed by atoms with Crippen LogP contribution in [0.2, 0.25) is 0 Å². The highest BCUT2D eigenvalue weighted by atomic mass is 32.2. The van der Waals surface area contributed by atoms with E-state index < -0.39 is 0 Å². The summed E-state index contributed by atoms with van der Waals surface area (Å²) in [5.74, 6) is 0.860. The van der Waals surface area contributed by atoms with Crippen LogP contribution in [0.5, 0.6) is 5.75 Å². The minimum absolute atomic E-state index is 0.203. The van der Waals surface area contributed by atoms with E-state index in [-0.39, 0.29) is 5.25 Å². The summed E-state index contributed by atoms with van der Waals surface area (Å²) in [4.78, 5) is 4.56. The van der Waals surface area contributed by atoms with Crippen LogP contribution in [0, 0.1) is 13.8 Å². The molecule has 2 N–H and O–H groups in total. The monoisotopic (exact) mass is 288 g/mol. The third-order valence-electron chi connectivity index (χ3n) is 3.04. The van der Waals surface area contributed by atoms with Gasteiger partial charge in [0.15, 0.2) is 0 Å². The van der Waals surface area contributed by atoms with Crippen molar-refractivity contribution in [3.63, 3.8) is 0 Å². The predicted molar refractivity (Wildman–Crippen MR) is 84.4 cm³/mol. The Morgan fingerprint density at radius 2 is 1.90 bits per heavy atom. The number of nitrogens with zero attached hydrogens (tertiary/aromatic N) is 1. The van der Waals surface area contributed by atoms with Gasteiger partial charge in [0.25, 0.3) is 0 Å². The Morgan fingerprint density at radius 1 is 1.20 bits per heavy atom. The lowest BCUT2D eigenvalue weighted by molar-refractivity contribution is 0.414. The van der Waals surface area contributed by atoms with E-state index in [2.05, 4.69) is 36.2 Å². The average Bonchev–Trinajstić information content (AvgIpc) is 2.44. The second-order valence-electron chi connectivity index (χ2n) is 4.74. The molecule has 1 aromatic carbocycles. The van der Waals surface area contributed by atoms with E-state index in [4.69, 9.17) is 10.5 Å². The van der Waals surface area contributed by atoms with Crippen LogP contribution >= 0.6 is 11.8 Å². The Kier molecular flexibility index (Phi) is 5.04. The molecule has 2 rings (SSSR count). The second-order valence-corrected chi connectivity index (χ2v) is 5.96. The predicted octanol–water partition coefficient (Wildman–Crippen LogP) is 3.50. The Balaban J connectivity index is 2.19. The maximum Gasteiger partial charge on any atom is 0.118 e. The Hall–Kier alpha value is -1.52. The molecule has 0 bridgehead atoms. The largest absolute Gasteiger partial charge is 0.497 e. The van der Waals surface area contributed by atoms with Gasteiger partial charge in [0.2, 0.25) is 0 Å². The number of hydrogen-bond acceptors (Lipinski definition) is 4. The molecule has 106 valence electrons. The summed E-state index contributed by atoms with van der Waals surface area (Å²) in [6.45, 7) is 4.68. The van der Waals surface area contributed by atoms with Crippen LogP contribution < -0.4 is 10.5 Å². The summed E-state index contributed by atoms with van der Waals surface area (Å²) in [6.07, 6.45) is 0. The van der Waals surface area contributed by atoms with Gasteiger partial charge in [-0.25, -0.2) is 4.98 Å². The molecule has 0 saturated heterocycles. The third-order valence-corrected chi connectivity index (χ3v) is 4.24. The number of thioether (sulfide) groups is 1. The standard InChI is InChI=1S/C16H20N2OS/c1-11-8-12(2)18-16(9-11)20-15(10-17)13-4-6-14(19-3)7-5-13/h4-9,15H,10,17H2,1-3H3. The number of hydrogen-bond donors (Lipinski definition) is 1. The van der Waals surface area contributed by atoms with Crippen molar-refractivity contribution in [2.24, 2.45) is 5.73 Å². The first-order valence-electron chi connectivity index (χ1n) is 6.58. The third kappa shape index (κ3) is 3.74. The Labute approximate surface area is 124 Å². The van der Waals surface area contributed by atoms with Crippen LogP contribution in [0.15, 0.2) is 41.4 Å². The number of benzene rings is 1. The van der Waals surface area contributed by atoms with Gasteiger partial charge < -0.3 is 10.5 Å². The lowest BCUT2D eigenvalue weighted by Crippen LogP contribution is -2.09. The lowest BCUT2D eigenvalue weighted by Gasteiger charge is -2.15. The van der Waals surface area contributed by atoms with Crippen LogP contribution in [-0.2, 0) is 0 Å². The highest BCUT2D eigenvalue weighted by Gasteiger charge is 2.13. The van der Waals surface area contributed by atoms with Gasteiger partial charge in [-0.2, -0.15) is 0 Å². The van der Waals surface area contributed by atoms with Crippen molar-refractivity contribution < 1.29 is 4.74 Å². The van der Waals surface area contributed by atoms with Crippen LogP contribution in [-0.4, -0.2) is 18.6 Å². The van der Waals surface area contributed by atoms with E-state index in [0.29, 0.717) is 6.54 Å². The van der Waals surface area contributed by atoms with Gasteiger partial charge in [-0.1, -0.05) is 23.9 Å². The molecule has 0 spiro atoms. The fraction of sp³-hybridized carbons (Fsp3) is 0.312. The number of methoxy groups -OCH3 is 1. The molecule has 1 unspecified atom stereocenters. The van der Waals surface area contributed by atoms with Gasteiger partial charge in [0, 0.05) is 17.5 Å². The molecule has 1 heterocycles. The SMILES string of the molecule is COc1ccc(C(CN)Sc2cc(C)cc(C)n2)cc1. The number of ether oxygens (including phenoxy) is 1. The van der Waals surface area contributed by atoms with E-state index in [9.17, 15) is 0 Å². The molecular formula is C16H20N2OS. The molecule has 0 aliphatic heterocycles. The maximum absolute atomic E-state index is 5.92. The molecule has 4 heteroatoms. The molecular weight excluding hydrogens is 268 g/mol. The normalized spacial score (nSPS) is 12.2. The van der Waals surface area contributed by atoms with Crippen molar-refractivity contribution in [2.45, 2.75) is 24.1 Å². The van der Waals surface area contributed by atoms with Crippen molar-refractivity contribution in [3.8, 4) is 5.75 Å². The van der Waals surface area contributed by atoms with Gasteiger partial charge in [-0.15, -0.1) is 0 Å². The van der Waals surface area contributed by atoms with Gasteiger partial charge in [0.05, 0.1) is 12.1 Å². The number of rotatable bonds is 5. The highest BCUT2D eigenvalue weighted by Crippen LogP contribution is 2.34. The molecule has 3 nitrogen and oxygen atoms in total. The summed E-state index contributed by atoms with van der Waals surface area (Å²) in [7, 11) is 1.67. The average molecular weight is 288 g/mol. The maximum atomic E-state index is 5.92. The van der Waals surface area contributed by atoms with E-state index in [1.54, 1.807) is 18.9 Å². The molecule has 20 heavy (non-hydrogen) atoms. The zero-order valence-corrected chi connectivity index (χ0v) is 12.9. The lowest BCUT2D eigenvalue weighted by atomic mass is 10.1. The topological polar surface area (TPSA) is 48.1 Å². The van der Waals surface area contributed by atoms with Crippen LogP contribution in [0.25, 0.3) is 0 Å². The fourth-order valence-corrected chi connectivity index (χ4v) is 3.21. The molecule has 0 aliphatic rings. The summed E-state index contributed by atoms with van der Waals surface area (Å²) >= 11 is 1.71. The molecule has 2 aromatic rings. The van der Waals surface area contributed by atoms with Gasteiger partial charge in [-0.3, -0.25) is 0 Å². The van der Waals surface area contributed by atoms with Crippen molar-refractivity contribution in [2.75, 3.05) is 13.7 Å². The number of pyridine rings is 1. The van der Waals surface area contributed by atoms with Crippen LogP contribution in [0.1, 0.15) is 22.1 Å². The zero-order valence-electron chi connectivity index (χ0n) is 12.1. The van der Waals surface area contributed by atoms with Crippen LogP contribution in [0.3, 0.4) is 0 Å². The summed E-state index contributed by atoms with van der Waals surface area (Å²) in [6, 6.07) is 12.2. The minimum atomic E-state index is 0.203. The molecule has 0 fully saturated rings. The molecule has 1 atom stereocenters. The van der Waals surface area contributed by atoms with Crippen molar-refractivity contribution in [3.05, 3.63) is 53.2 Å². The molecule has 1 aromatic heterocycles. The highest BCUT2D eigenvalue weighted by molar-refractivity contribution is 7.99. The van der Waals surface area contributed by atoms with Crippen molar-refractivity contribution in [1.82, 2.24) is 4.98 Å². The number of nitrogens with two attached hydrogens (primary N) is 1. The Morgan fingerprint density at radius 3 is 2.45 bits per heavy atom. The first kappa shape index (κ1) is 14.9. The minimum Gasteiger partial charge on any atom is -0.497 e. The quantitative estimate of drug-likeness (QED) is 0.855. The zero-order chi connectivity index (χ0) is 14.5. The summed E-state index contributed by atoms with van der Waals surface area (Å²) < 4.78 is 5.18. The fourth-order valence-electron chi connectivity index (χ4n) is 2.08. The van der Waals surface area contributed by atoms with E-state index in [1.807, 2.05) is 19.1 Å². The van der Waals surface area contributed by atoms with Crippen molar-refractivity contribution >= 4 is 11.8 Å². The molecule has 0 amide bonds. The Bertz CT molecular complexity index is 549. The van der Waals surface area contributed by atoms with Gasteiger partial charge in [0.1, 0.15) is 5.75 Å². The van der Waals surface area contributed by atoms with E-state index >= 15 is 0 Å². The van der Waals surface area contributed by atoms with Crippen LogP contribution in [0.4, 0.5) is 0 Å². The smallest absolute Gasteiger partial charge is 0.118 e. The summed E-state index contributed by atoms with van der Waals surface area (Å²) in [5.41, 5.74) is 9.38. The van der Waals surface area contributed by atoms with E-state index in [0.717, 1.165) is 16.5 Å². The molecule has 0 aliphatic carbocycles. The number of aryl methyl sites for hydroxylation is 2. The summed E-state index contributed by atoms with van der Waals surface area (Å²) in [5, 5.41) is 1.23. The van der Waals surface area contributed by atoms with Crippen molar-refractivity contribution in [1.29, 1.82) is 0 Å². The number of aromatic nitrogens is 1. The molecule has 0 saturated carbocycles. The molecule has 0 radical (unpaired) electrons. The second kappa shape index (κ2) is 6.77. The first-order valence-corrected chi connectivity index (χ1v) is 7.46. The van der Waals surface area contributed by atoms with E-state index in [1.165, 1.54) is 11.1 Å². The van der Waals surface area contributed by atoms with Gasteiger partial charge in [-0.05, 0) is 49.2 Å².